The number of carbonyl (C=O) groups is 1. The van der Waals surface area contributed by atoms with Crippen LogP contribution in [-0.4, -0.2) is 27.7 Å². The van der Waals surface area contributed by atoms with Gasteiger partial charge >= 0.3 is 6.18 Å². The average Bonchev–Trinajstić information content (AvgIpc) is 2.12. The van der Waals surface area contributed by atoms with E-state index in [-0.39, 0.29) is 5.16 Å². The third-order valence-corrected chi connectivity index (χ3v) is 2.28. The van der Waals surface area contributed by atoms with Crippen LogP contribution in [0.2, 0.25) is 0 Å². The van der Waals surface area contributed by atoms with Gasteiger partial charge in [-0.15, -0.1) is 0 Å². The summed E-state index contributed by atoms with van der Waals surface area (Å²) in [4.78, 5) is 18.1. The molecular formula is C8H7F3N2OS. The van der Waals surface area contributed by atoms with Crippen LogP contribution in [0.1, 0.15) is 5.69 Å². The summed E-state index contributed by atoms with van der Waals surface area (Å²) in [6.45, 7) is 1.69. The molecule has 3 nitrogen and oxygen atoms in total. The molecule has 7 heteroatoms. The molecule has 0 amide bonds. The van der Waals surface area contributed by atoms with Gasteiger partial charge in [0.05, 0.1) is 5.75 Å². The van der Waals surface area contributed by atoms with Crippen LogP contribution < -0.4 is 0 Å². The smallest absolute Gasteiger partial charge is 0.289 e. The summed E-state index contributed by atoms with van der Waals surface area (Å²) >= 11 is 0.678. The molecule has 0 saturated carbocycles. The predicted molar refractivity (Wildman–Crippen MR) is 48.6 cm³/mol. The normalized spacial score (nSPS) is 11.5. The number of alkyl halides is 3. The lowest BCUT2D eigenvalue weighted by molar-refractivity contribution is -0.167. The highest BCUT2D eigenvalue weighted by atomic mass is 32.2. The highest BCUT2D eigenvalue weighted by Crippen LogP contribution is 2.21. The average molecular weight is 236 g/mol. The lowest BCUT2D eigenvalue weighted by Gasteiger charge is -2.03. The van der Waals surface area contributed by atoms with E-state index in [1.165, 1.54) is 6.20 Å². The van der Waals surface area contributed by atoms with E-state index in [9.17, 15) is 18.0 Å². The monoisotopic (exact) mass is 236 g/mol. The maximum Gasteiger partial charge on any atom is 0.450 e. The maximum absolute atomic E-state index is 11.8. The van der Waals surface area contributed by atoms with Gasteiger partial charge in [0, 0.05) is 11.9 Å². The second-order valence-electron chi connectivity index (χ2n) is 2.69. The van der Waals surface area contributed by atoms with Crippen LogP contribution in [0.5, 0.6) is 0 Å². The van der Waals surface area contributed by atoms with E-state index in [4.69, 9.17) is 0 Å². The number of carbonyl (C=O) groups excluding carboxylic acids is 1. The molecule has 0 unspecified atom stereocenters. The van der Waals surface area contributed by atoms with Crippen molar-refractivity contribution in [1.29, 1.82) is 0 Å². The summed E-state index contributed by atoms with van der Waals surface area (Å²) < 4.78 is 35.5. The fourth-order valence-corrected chi connectivity index (χ4v) is 1.48. The molecule has 0 fully saturated rings. The van der Waals surface area contributed by atoms with Crippen molar-refractivity contribution in [3.05, 3.63) is 18.0 Å². The molecular weight excluding hydrogens is 229 g/mol. The van der Waals surface area contributed by atoms with Crippen LogP contribution in [0.4, 0.5) is 13.2 Å². The Balaban J connectivity index is 2.55. The van der Waals surface area contributed by atoms with E-state index in [0.717, 1.165) is 0 Å². The Labute approximate surface area is 88.1 Å². The van der Waals surface area contributed by atoms with Gasteiger partial charge in [0.1, 0.15) is 0 Å². The van der Waals surface area contributed by atoms with Crippen molar-refractivity contribution in [2.75, 3.05) is 5.75 Å². The number of hydrogen-bond acceptors (Lipinski definition) is 4. The lowest BCUT2D eigenvalue weighted by Crippen LogP contribution is -2.24. The van der Waals surface area contributed by atoms with Crippen LogP contribution in [0.3, 0.4) is 0 Å². The molecule has 0 aliphatic rings. The minimum atomic E-state index is -4.78. The van der Waals surface area contributed by atoms with Gasteiger partial charge in [-0.05, 0) is 13.0 Å². The van der Waals surface area contributed by atoms with Gasteiger partial charge in [0.15, 0.2) is 5.16 Å². The molecule has 0 atom stereocenters. The second-order valence-corrected chi connectivity index (χ2v) is 3.63. The molecule has 0 radical (unpaired) electrons. The summed E-state index contributed by atoms with van der Waals surface area (Å²) in [5, 5.41) is 0.174. The van der Waals surface area contributed by atoms with Gasteiger partial charge in [-0.1, -0.05) is 11.8 Å². The maximum atomic E-state index is 11.8. The minimum Gasteiger partial charge on any atom is -0.289 e. The molecule has 0 aromatic carbocycles. The minimum absolute atomic E-state index is 0.174. The van der Waals surface area contributed by atoms with Crippen molar-refractivity contribution in [3.8, 4) is 0 Å². The lowest BCUT2D eigenvalue weighted by atomic mass is 10.4. The van der Waals surface area contributed by atoms with Crippen molar-refractivity contribution in [1.82, 2.24) is 9.97 Å². The first-order valence-electron chi connectivity index (χ1n) is 3.92. The van der Waals surface area contributed by atoms with Crippen LogP contribution in [0.25, 0.3) is 0 Å². The zero-order valence-corrected chi connectivity index (χ0v) is 8.52. The van der Waals surface area contributed by atoms with E-state index >= 15 is 0 Å². The molecule has 0 aliphatic carbocycles. The Morgan fingerprint density at radius 1 is 1.53 bits per heavy atom. The molecule has 15 heavy (non-hydrogen) atoms. The predicted octanol–water partition coefficient (Wildman–Crippen LogP) is 2.01. The van der Waals surface area contributed by atoms with Crippen molar-refractivity contribution in [3.63, 3.8) is 0 Å². The number of halogens is 3. The van der Waals surface area contributed by atoms with E-state index in [2.05, 4.69) is 9.97 Å². The summed E-state index contributed by atoms with van der Waals surface area (Å²) in [7, 11) is 0. The fraction of sp³-hybridized carbons (Fsp3) is 0.375. The van der Waals surface area contributed by atoms with Crippen molar-refractivity contribution >= 4 is 17.5 Å². The van der Waals surface area contributed by atoms with Gasteiger partial charge in [-0.25, -0.2) is 9.97 Å². The third kappa shape index (κ3) is 3.86. The summed E-state index contributed by atoms with van der Waals surface area (Å²) in [6.07, 6.45) is -3.35. The summed E-state index contributed by atoms with van der Waals surface area (Å²) in [6, 6.07) is 1.62. The number of thioether (sulfide) groups is 1. The number of hydrogen-bond donors (Lipinski definition) is 0. The third-order valence-electron chi connectivity index (χ3n) is 1.42. The topological polar surface area (TPSA) is 42.9 Å². The number of nitrogens with zero attached hydrogens (tertiary/aromatic N) is 2. The van der Waals surface area contributed by atoms with Gasteiger partial charge in [0.2, 0.25) is 5.78 Å². The molecule has 1 rings (SSSR count). The molecule has 0 saturated heterocycles. The molecule has 1 heterocycles. The highest BCUT2D eigenvalue weighted by molar-refractivity contribution is 7.99. The Morgan fingerprint density at radius 2 is 2.20 bits per heavy atom. The van der Waals surface area contributed by atoms with E-state index < -0.39 is 17.7 Å². The van der Waals surface area contributed by atoms with E-state index in [1.54, 1.807) is 13.0 Å². The quantitative estimate of drug-likeness (QED) is 0.594. The van der Waals surface area contributed by atoms with Crippen molar-refractivity contribution < 1.29 is 18.0 Å². The molecule has 0 aliphatic heterocycles. The zero-order chi connectivity index (χ0) is 11.5. The summed E-state index contributed by atoms with van der Waals surface area (Å²) in [5.74, 6) is -2.47. The van der Waals surface area contributed by atoms with Gasteiger partial charge < -0.3 is 0 Å². The van der Waals surface area contributed by atoms with Crippen LogP contribution >= 0.6 is 11.8 Å². The van der Waals surface area contributed by atoms with Gasteiger partial charge in [-0.2, -0.15) is 13.2 Å². The first-order chi connectivity index (χ1) is 6.89. The molecule has 1 aromatic rings. The van der Waals surface area contributed by atoms with Crippen LogP contribution in [-0.2, 0) is 4.79 Å². The first-order valence-corrected chi connectivity index (χ1v) is 4.90. The Hall–Kier alpha value is -1.11. The number of rotatable bonds is 3. The number of aryl methyl sites for hydroxylation is 1. The molecule has 1 aromatic heterocycles. The Kier molecular flexibility index (Phi) is 3.67. The van der Waals surface area contributed by atoms with Crippen LogP contribution in [0, 0.1) is 6.92 Å². The van der Waals surface area contributed by atoms with Gasteiger partial charge in [0.25, 0.3) is 0 Å². The van der Waals surface area contributed by atoms with Crippen molar-refractivity contribution in [2.45, 2.75) is 18.3 Å². The molecule has 0 spiro atoms. The number of aromatic nitrogens is 2. The zero-order valence-electron chi connectivity index (χ0n) is 7.71. The van der Waals surface area contributed by atoms with Gasteiger partial charge in [-0.3, -0.25) is 4.79 Å². The number of ketones is 1. The first kappa shape index (κ1) is 12.0. The molecule has 0 N–H and O–H groups in total. The molecule has 82 valence electrons. The standard InChI is InChI=1S/C8H7F3N2OS/c1-5-2-3-12-7(13-5)15-4-6(14)8(9,10)11/h2-3H,4H2,1H3. The fourth-order valence-electron chi connectivity index (χ4n) is 0.707. The summed E-state index contributed by atoms with van der Waals surface area (Å²) in [5.41, 5.74) is 0.645. The number of Topliss-reactive ketones (excluding diaryl/α,β-unsaturated/α-hetero) is 1. The van der Waals surface area contributed by atoms with E-state index in [1.807, 2.05) is 0 Å². The SMILES string of the molecule is Cc1ccnc(SCC(=O)C(F)(F)F)n1. The highest BCUT2D eigenvalue weighted by Gasteiger charge is 2.37. The molecule has 0 bridgehead atoms. The largest absolute Gasteiger partial charge is 0.450 e. The Morgan fingerprint density at radius 3 is 2.73 bits per heavy atom. The Bertz CT molecular complexity index is 367. The van der Waals surface area contributed by atoms with Crippen LogP contribution in [0.15, 0.2) is 17.4 Å². The van der Waals surface area contributed by atoms with E-state index in [0.29, 0.717) is 17.5 Å². The van der Waals surface area contributed by atoms with Crippen molar-refractivity contribution in [2.24, 2.45) is 0 Å². The second kappa shape index (κ2) is 4.61.